The molecule has 2 nitrogen and oxygen atoms in total. The van der Waals surface area contributed by atoms with Crippen LogP contribution in [0.2, 0.25) is 0 Å². The maximum absolute atomic E-state index is 3.63. The Hall–Kier alpha value is -0.800. The zero-order chi connectivity index (χ0) is 11.8. The Bertz CT molecular complexity index is 544. The Morgan fingerprint density at radius 1 is 1.47 bits per heavy atom. The van der Waals surface area contributed by atoms with Crippen molar-refractivity contribution in [2.45, 2.75) is 32.2 Å². The normalized spacial score (nSPS) is 19.5. The van der Waals surface area contributed by atoms with E-state index in [1.165, 1.54) is 45.9 Å². The lowest BCUT2D eigenvalue weighted by Gasteiger charge is -2.23. The Kier molecular flexibility index (Phi) is 2.97. The van der Waals surface area contributed by atoms with Crippen LogP contribution in [-0.4, -0.2) is 11.5 Å². The number of H-pyrrole nitrogens is 1. The van der Waals surface area contributed by atoms with Crippen LogP contribution in [0.4, 0.5) is 0 Å². The summed E-state index contributed by atoms with van der Waals surface area (Å²) in [5, 5.41) is 4.98. The molecule has 1 unspecified atom stereocenters. The van der Waals surface area contributed by atoms with Gasteiger partial charge < -0.3 is 10.3 Å². The average molecular weight is 293 g/mol. The van der Waals surface area contributed by atoms with E-state index < -0.39 is 0 Å². The first-order valence-electron chi connectivity index (χ1n) is 6.33. The van der Waals surface area contributed by atoms with Gasteiger partial charge in [-0.15, -0.1) is 0 Å². The number of hydrogen-bond acceptors (Lipinski definition) is 1. The van der Waals surface area contributed by atoms with Crippen molar-refractivity contribution >= 4 is 26.8 Å². The van der Waals surface area contributed by atoms with Crippen molar-refractivity contribution in [2.24, 2.45) is 0 Å². The molecule has 0 saturated carbocycles. The van der Waals surface area contributed by atoms with Crippen LogP contribution >= 0.6 is 15.9 Å². The molecule has 1 atom stereocenters. The number of fused-ring (bicyclic) bond motifs is 3. The lowest BCUT2D eigenvalue weighted by atomic mass is 9.91. The predicted molar refractivity (Wildman–Crippen MR) is 75.4 cm³/mol. The number of hydrogen-bond donors (Lipinski definition) is 2. The van der Waals surface area contributed by atoms with E-state index in [4.69, 9.17) is 0 Å². The summed E-state index contributed by atoms with van der Waals surface area (Å²) in [6, 6.07) is 6.97. The molecule has 0 saturated heterocycles. The van der Waals surface area contributed by atoms with Crippen LogP contribution in [0, 0.1) is 0 Å². The van der Waals surface area contributed by atoms with Gasteiger partial charge in [-0.3, -0.25) is 0 Å². The van der Waals surface area contributed by atoms with Gasteiger partial charge in [0, 0.05) is 21.6 Å². The molecule has 1 heterocycles. The van der Waals surface area contributed by atoms with Crippen molar-refractivity contribution in [1.29, 1.82) is 0 Å². The maximum Gasteiger partial charge on any atom is 0.0603 e. The molecule has 0 fully saturated rings. The fraction of sp³-hybridized carbons (Fsp3) is 0.429. The highest BCUT2D eigenvalue weighted by Gasteiger charge is 2.24. The van der Waals surface area contributed by atoms with Gasteiger partial charge in [0.2, 0.25) is 0 Å². The second-order valence-electron chi connectivity index (χ2n) is 4.68. The van der Waals surface area contributed by atoms with Crippen LogP contribution in [-0.2, 0) is 6.42 Å². The van der Waals surface area contributed by atoms with Crippen LogP contribution in [0.15, 0.2) is 22.7 Å². The SMILES string of the molecule is CCNC1CCCc2[nH]c3c(Br)cccc3c21. The summed E-state index contributed by atoms with van der Waals surface area (Å²) in [7, 11) is 0. The van der Waals surface area contributed by atoms with Crippen LogP contribution in [0.1, 0.15) is 37.1 Å². The number of para-hydroxylation sites is 1. The zero-order valence-electron chi connectivity index (χ0n) is 10.0. The van der Waals surface area contributed by atoms with Crippen molar-refractivity contribution in [1.82, 2.24) is 10.3 Å². The van der Waals surface area contributed by atoms with E-state index in [0.717, 1.165) is 6.54 Å². The predicted octanol–water partition coefficient (Wildman–Crippen LogP) is 3.92. The van der Waals surface area contributed by atoms with Crippen LogP contribution in [0.25, 0.3) is 10.9 Å². The summed E-state index contributed by atoms with van der Waals surface area (Å²) in [5.74, 6) is 0. The lowest BCUT2D eigenvalue weighted by molar-refractivity contribution is 0.473. The summed E-state index contributed by atoms with van der Waals surface area (Å²) in [6.45, 7) is 3.21. The summed E-state index contributed by atoms with van der Waals surface area (Å²) < 4.78 is 1.17. The van der Waals surface area contributed by atoms with E-state index >= 15 is 0 Å². The highest BCUT2D eigenvalue weighted by Crippen LogP contribution is 2.37. The Labute approximate surface area is 110 Å². The molecular formula is C14H17BrN2. The molecule has 0 spiro atoms. The molecule has 1 aromatic heterocycles. The number of aromatic nitrogens is 1. The minimum atomic E-state index is 0.520. The van der Waals surface area contributed by atoms with E-state index in [1.54, 1.807) is 0 Å². The topological polar surface area (TPSA) is 27.8 Å². The Balaban J connectivity index is 2.20. The molecule has 17 heavy (non-hydrogen) atoms. The standard InChI is InChI=1S/C14H17BrN2/c1-2-16-11-7-4-8-12-13(11)9-5-3-6-10(15)14(9)17-12/h3,5-6,11,16-17H,2,4,7-8H2,1H3. The van der Waals surface area contributed by atoms with E-state index in [-0.39, 0.29) is 0 Å². The van der Waals surface area contributed by atoms with Gasteiger partial charge in [0.25, 0.3) is 0 Å². The third-order valence-electron chi connectivity index (χ3n) is 3.62. The summed E-state index contributed by atoms with van der Waals surface area (Å²) in [5.41, 5.74) is 4.17. The summed E-state index contributed by atoms with van der Waals surface area (Å²) in [6.07, 6.45) is 3.70. The van der Waals surface area contributed by atoms with Crippen molar-refractivity contribution in [3.63, 3.8) is 0 Å². The second-order valence-corrected chi connectivity index (χ2v) is 5.54. The average Bonchev–Trinajstić information content (AvgIpc) is 2.71. The minimum absolute atomic E-state index is 0.520. The molecule has 0 radical (unpaired) electrons. The zero-order valence-corrected chi connectivity index (χ0v) is 11.6. The van der Waals surface area contributed by atoms with Crippen LogP contribution in [0.5, 0.6) is 0 Å². The first-order chi connectivity index (χ1) is 8.31. The molecule has 2 N–H and O–H groups in total. The van der Waals surface area contributed by atoms with Crippen molar-refractivity contribution in [3.05, 3.63) is 33.9 Å². The summed E-state index contributed by atoms with van der Waals surface area (Å²) >= 11 is 3.63. The molecule has 3 rings (SSSR count). The van der Waals surface area contributed by atoms with Gasteiger partial charge in [-0.1, -0.05) is 19.1 Å². The minimum Gasteiger partial charge on any atom is -0.357 e. The summed E-state index contributed by atoms with van der Waals surface area (Å²) in [4.78, 5) is 3.59. The molecule has 1 aliphatic rings. The van der Waals surface area contributed by atoms with Gasteiger partial charge in [-0.2, -0.15) is 0 Å². The number of halogens is 1. The van der Waals surface area contributed by atoms with E-state index in [2.05, 4.69) is 51.4 Å². The molecular weight excluding hydrogens is 276 g/mol. The van der Waals surface area contributed by atoms with Crippen molar-refractivity contribution < 1.29 is 0 Å². The van der Waals surface area contributed by atoms with Crippen molar-refractivity contribution in [2.75, 3.05) is 6.54 Å². The van der Waals surface area contributed by atoms with E-state index in [0.29, 0.717) is 6.04 Å². The fourth-order valence-corrected chi connectivity index (χ4v) is 3.39. The third-order valence-corrected chi connectivity index (χ3v) is 4.28. The first kappa shape index (κ1) is 11.3. The highest BCUT2D eigenvalue weighted by atomic mass is 79.9. The smallest absolute Gasteiger partial charge is 0.0603 e. The van der Waals surface area contributed by atoms with Crippen LogP contribution in [0.3, 0.4) is 0 Å². The molecule has 1 aliphatic carbocycles. The number of benzene rings is 1. The maximum atomic E-state index is 3.63. The van der Waals surface area contributed by atoms with E-state index in [9.17, 15) is 0 Å². The van der Waals surface area contributed by atoms with Crippen molar-refractivity contribution in [3.8, 4) is 0 Å². The number of rotatable bonds is 2. The number of nitrogens with one attached hydrogen (secondary N) is 2. The quantitative estimate of drug-likeness (QED) is 0.863. The van der Waals surface area contributed by atoms with Gasteiger partial charge in [-0.05, 0) is 53.4 Å². The lowest BCUT2D eigenvalue weighted by Crippen LogP contribution is -2.24. The number of aromatic amines is 1. The van der Waals surface area contributed by atoms with Crippen LogP contribution < -0.4 is 5.32 Å². The first-order valence-corrected chi connectivity index (χ1v) is 7.13. The molecule has 0 aliphatic heterocycles. The third kappa shape index (κ3) is 1.81. The molecule has 3 heteroatoms. The monoisotopic (exact) mass is 292 g/mol. The van der Waals surface area contributed by atoms with Gasteiger partial charge >= 0.3 is 0 Å². The van der Waals surface area contributed by atoms with Gasteiger partial charge in [0.15, 0.2) is 0 Å². The number of aryl methyl sites for hydroxylation is 1. The molecule has 2 aromatic rings. The molecule has 1 aromatic carbocycles. The van der Waals surface area contributed by atoms with Gasteiger partial charge in [0.1, 0.15) is 0 Å². The van der Waals surface area contributed by atoms with E-state index in [1.807, 2.05) is 0 Å². The molecule has 90 valence electrons. The largest absolute Gasteiger partial charge is 0.357 e. The fourth-order valence-electron chi connectivity index (χ4n) is 2.93. The Morgan fingerprint density at radius 2 is 2.35 bits per heavy atom. The second kappa shape index (κ2) is 4.46. The van der Waals surface area contributed by atoms with Gasteiger partial charge in [0.05, 0.1) is 5.52 Å². The molecule has 0 bridgehead atoms. The highest BCUT2D eigenvalue weighted by molar-refractivity contribution is 9.10. The molecule has 0 amide bonds. The Morgan fingerprint density at radius 3 is 3.18 bits per heavy atom. The van der Waals surface area contributed by atoms with Gasteiger partial charge in [-0.25, -0.2) is 0 Å².